The van der Waals surface area contributed by atoms with Crippen molar-refractivity contribution in [3.05, 3.63) is 82.6 Å². The highest BCUT2D eigenvalue weighted by molar-refractivity contribution is 5.66. The summed E-state index contributed by atoms with van der Waals surface area (Å²) in [5.74, 6) is 0. The molecule has 0 amide bonds. The van der Waals surface area contributed by atoms with E-state index in [0.29, 0.717) is 12.8 Å². The van der Waals surface area contributed by atoms with E-state index in [1.165, 1.54) is 18.2 Å². The van der Waals surface area contributed by atoms with E-state index < -0.39 is 4.92 Å². The minimum Gasteiger partial charge on any atom is -0.343 e. The molecule has 0 saturated carbocycles. The lowest BCUT2D eigenvalue weighted by molar-refractivity contribution is -0.384. The summed E-state index contributed by atoms with van der Waals surface area (Å²) in [5, 5.41) is 10.6. The number of non-ortho nitro benzene ring substituents is 1. The lowest BCUT2D eigenvalue weighted by atomic mass is 10.2. The van der Waals surface area contributed by atoms with Crippen LogP contribution in [0.2, 0.25) is 0 Å². The van der Waals surface area contributed by atoms with E-state index in [4.69, 9.17) is 0 Å². The molecule has 0 aliphatic carbocycles. The van der Waals surface area contributed by atoms with Crippen molar-refractivity contribution in [2.45, 2.75) is 6.54 Å². The topological polar surface area (TPSA) is 63.5 Å². The van der Waals surface area contributed by atoms with Crippen molar-refractivity contribution in [3.63, 3.8) is 0 Å². The van der Waals surface area contributed by atoms with Crippen molar-refractivity contribution < 1.29 is 9.72 Å². The smallest absolute Gasteiger partial charge is 0.269 e. The van der Waals surface area contributed by atoms with Crippen LogP contribution in [0.3, 0.4) is 0 Å². The normalized spacial score (nSPS) is 10.5. The van der Waals surface area contributed by atoms with Gasteiger partial charge in [-0.2, -0.15) is 0 Å². The Morgan fingerprint density at radius 3 is 2.29 bits per heavy atom. The van der Waals surface area contributed by atoms with Gasteiger partial charge in [-0.1, -0.05) is 30.3 Å². The molecule has 106 valence electrons. The largest absolute Gasteiger partial charge is 0.343 e. The highest BCUT2D eigenvalue weighted by atomic mass is 16.6. The molecule has 0 aliphatic rings. The van der Waals surface area contributed by atoms with E-state index in [-0.39, 0.29) is 5.69 Å². The van der Waals surface area contributed by atoms with Crippen LogP contribution >= 0.6 is 0 Å². The Hall–Kier alpha value is -2.95. The van der Waals surface area contributed by atoms with Crippen molar-refractivity contribution in [1.29, 1.82) is 0 Å². The molecular weight excluding hydrogens is 268 g/mol. The number of anilines is 1. The Bertz CT molecular complexity index is 636. The standard InChI is InChI=1S/C16H14N2O3/c19-12-4-11-17(15-5-2-1-3-6-15)13-14-7-9-16(10-8-14)18(20)21/h1-12H,13H2. The van der Waals surface area contributed by atoms with Crippen LogP contribution in [0.15, 0.2) is 66.9 Å². The first kappa shape index (κ1) is 14.5. The Labute approximate surface area is 122 Å². The average Bonchev–Trinajstić information content (AvgIpc) is 2.52. The van der Waals surface area contributed by atoms with Gasteiger partial charge in [0.15, 0.2) is 0 Å². The number of nitrogens with zero attached hydrogens (tertiary/aromatic N) is 2. The van der Waals surface area contributed by atoms with Crippen LogP contribution in [0.1, 0.15) is 5.56 Å². The van der Waals surface area contributed by atoms with Crippen molar-refractivity contribution in [2.24, 2.45) is 0 Å². The molecule has 2 rings (SSSR count). The number of nitro groups is 1. The second-order valence-electron chi connectivity index (χ2n) is 4.36. The molecule has 0 heterocycles. The van der Waals surface area contributed by atoms with E-state index in [2.05, 4.69) is 0 Å². The molecule has 2 aromatic rings. The van der Waals surface area contributed by atoms with Gasteiger partial charge >= 0.3 is 0 Å². The third kappa shape index (κ3) is 4.01. The SMILES string of the molecule is O=CC=CN(Cc1ccc([N+](=O)[O-])cc1)c1ccccc1. The summed E-state index contributed by atoms with van der Waals surface area (Å²) in [6, 6.07) is 16.0. The summed E-state index contributed by atoms with van der Waals surface area (Å²) in [6.45, 7) is 0.520. The molecule has 2 aromatic carbocycles. The molecule has 0 bridgehead atoms. The molecule has 0 saturated heterocycles. The fraction of sp³-hybridized carbons (Fsp3) is 0.0625. The third-order valence-corrected chi connectivity index (χ3v) is 2.93. The highest BCUT2D eigenvalue weighted by Gasteiger charge is 2.07. The van der Waals surface area contributed by atoms with Gasteiger partial charge in [-0.15, -0.1) is 0 Å². The van der Waals surface area contributed by atoms with Gasteiger partial charge in [0, 0.05) is 30.6 Å². The lowest BCUT2D eigenvalue weighted by Crippen LogP contribution is -2.15. The monoisotopic (exact) mass is 282 g/mol. The van der Waals surface area contributed by atoms with Gasteiger partial charge in [-0.05, 0) is 23.8 Å². The number of nitro benzene ring substituents is 1. The Balaban J connectivity index is 2.20. The minimum atomic E-state index is -0.426. The van der Waals surface area contributed by atoms with E-state index in [1.54, 1.807) is 18.3 Å². The molecule has 0 N–H and O–H groups in total. The van der Waals surface area contributed by atoms with Crippen molar-refractivity contribution in [1.82, 2.24) is 0 Å². The first-order chi connectivity index (χ1) is 10.2. The Morgan fingerprint density at radius 1 is 1.05 bits per heavy atom. The first-order valence-corrected chi connectivity index (χ1v) is 6.37. The van der Waals surface area contributed by atoms with Crippen LogP contribution < -0.4 is 4.90 Å². The van der Waals surface area contributed by atoms with E-state index in [9.17, 15) is 14.9 Å². The summed E-state index contributed by atoms with van der Waals surface area (Å²) in [5.41, 5.74) is 1.92. The minimum absolute atomic E-state index is 0.0634. The van der Waals surface area contributed by atoms with Crippen molar-refractivity contribution in [3.8, 4) is 0 Å². The third-order valence-electron chi connectivity index (χ3n) is 2.93. The van der Waals surface area contributed by atoms with Gasteiger partial charge in [0.1, 0.15) is 6.29 Å². The first-order valence-electron chi connectivity index (χ1n) is 6.37. The number of allylic oxidation sites excluding steroid dienone is 1. The maximum Gasteiger partial charge on any atom is 0.269 e. The van der Waals surface area contributed by atoms with Crippen LogP contribution in [0, 0.1) is 10.1 Å². The van der Waals surface area contributed by atoms with E-state index >= 15 is 0 Å². The molecule has 0 fully saturated rings. The maximum atomic E-state index is 10.6. The molecule has 0 spiro atoms. The quantitative estimate of drug-likeness (QED) is 0.353. The second kappa shape index (κ2) is 7.00. The summed E-state index contributed by atoms with van der Waals surface area (Å²) in [7, 11) is 0. The molecule has 21 heavy (non-hydrogen) atoms. The predicted octanol–water partition coefficient (Wildman–Crippen LogP) is 3.31. The summed E-state index contributed by atoms with van der Waals surface area (Å²) in [4.78, 5) is 22.6. The van der Waals surface area contributed by atoms with E-state index in [0.717, 1.165) is 11.3 Å². The van der Waals surface area contributed by atoms with Crippen molar-refractivity contribution in [2.75, 3.05) is 4.90 Å². The molecule has 0 unspecified atom stereocenters. The molecule has 0 aliphatic heterocycles. The number of rotatable bonds is 6. The maximum absolute atomic E-state index is 10.6. The molecule has 5 heteroatoms. The number of aldehydes is 1. The van der Waals surface area contributed by atoms with Gasteiger partial charge in [0.2, 0.25) is 0 Å². The van der Waals surface area contributed by atoms with Gasteiger partial charge < -0.3 is 4.90 Å². The van der Waals surface area contributed by atoms with Gasteiger partial charge in [-0.25, -0.2) is 0 Å². The number of hydrogen-bond acceptors (Lipinski definition) is 4. The Kier molecular flexibility index (Phi) is 4.82. The lowest BCUT2D eigenvalue weighted by Gasteiger charge is -2.20. The molecule has 0 atom stereocenters. The molecule has 0 aromatic heterocycles. The summed E-state index contributed by atoms with van der Waals surface area (Å²) >= 11 is 0. The van der Waals surface area contributed by atoms with Crippen LogP contribution in [0.25, 0.3) is 0 Å². The highest BCUT2D eigenvalue weighted by Crippen LogP contribution is 2.19. The van der Waals surface area contributed by atoms with Crippen molar-refractivity contribution >= 4 is 17.7 Å². The number of benzene rings is 2. The molecule has 5 nitrogen and oxygen atoms in total. The molecule has 0 radical (unpaired) electrons. The van der Waals surface area contributed by atoms with Crippen LogP contribution in [-0.2, 0) is 11.3 Å². The summed E-state index contributed by atoms with van der Waals surface area (Å²) in [6.07, 6.45) is 3.81. The van der Waals surface area contributed by atoms with Crippen LogP contribution in [0.5, 0.6) is 0 Å². The number of hydrogen-bond donors (Lipinski definition) is 0. The molecular formula is C16H14N2O3. The zero-order valence-corrected chi connectivity index (χ0v) is 11.3. The number of carbonyl (C=O) groups excluding carboxylic acids is 1. The average molecular weight is 282 g/mol. The van der Waals surface area contributed by atoms with Gasteiger partial charge in [0.25, 0.3) is 5.69 Å². The number of para-hydroxylation sites is 1. The summed E-state index contributed by atoms with van der Waals surface area (Å²) < 4.78 is 0. The second-order valence-corrected chi connectivity index (χ2v) is 4.36. The zero-order chi connectivity index (χ0) is 15.1. The fourth-order valence-electron chi connectivity index (χ4n) is 1.91. The van der Waals surface area contributed by atoms with Crippen LogP contribution in [-0.4, -0.2) is 11.2 Å². The van der Waals surface area contributed by atoms with Crippen LogP contribution in [0.4, 0.5) is 11.4 Å². The zero-order valence-electron chi connectivity index (χ0n) is 11.3. The van der Waals surface area contributed by atoms with Gasteiger partial charge in [0.05, 0.1) is 4.92 Å². The Morgan fingerprint density at radius 2 is 1.71 bits per heavy atom. The predicted molar refractivity (Wildman–Crippen MR) is 80.9 cm³/mol. The van der Waals surface area contributed by atoms with Gasteiger partial charge in [-0.3, -0.25) is 14.9 Å². The van der Waals surface area contributed by atoms with E-state index in [1.807, 2.05) is 35.2 Å². The fourth-order valence-corrected chi connectivity index (χ4v) is 1.91. The number of carbonyl (C=O) groups is 1.